The van der Waals surface area contributed by atoms with Gasteiger partial charge in [0.25, 0.3) is 0 Å². The summed E-state index contributed by atoms with van der Waals surface area (Å²) in [5, 5.41) is 7.31. The van der Waals surface area contributed by atoms with Gasteiger partial charge in [0.05, 0.1) is 0 Å². The Morgan fingerprint density at radius 1 is 1.32 bits per heavy atom. The molecule has 5 heteroatoms. The van der Waals surface area contributed by atoms with Crippen molar-refractivity contribution >= 4 is 38.9 Å². The Labute approximate surface area is 149 Å². The highest BCUT2D eigenvalue weighted by Gasteiger charge is 2.06. The SMILES string of the molecule is CCN(CC)CCCC(C)NC(=S)Nc1ccc(Br)c(C)c1. The second kappa shape index (κ2) is 10.2. The molecule has 0 saturated carbocycles. The van der Waals surface area contributed by atoms with Gasteiger partial charge in [-0.15, -0.1) is 0 Å². The number of benzene rings is 1. The molecular formula is C17H28BrN3S. The van der Waals surface area contributed by atoms with Crippen molar-refractivity contribution in [1.29, 1.82) is 0 Å². The third kappa shape index (κ3) is 7.07. The molecule has 1 aromatic rings. The number of thiocarbonyl (C=S) groups is 1. The lowest BCUT2D eigenvalue weighted by Gasteiger charge is -2.21. The molecule has 1 rings (SSSR count). The zero-order chi connectivity index (χ0) is 16.5. The van der Waals surface area contributed by atoms with E-state index < -0.39 is 0 Å². The Balaban J connectivity index is 2.33. The molecule has 124 valence electrons. The number of nitrogens with one attached hydrogen (secondary N) is 2. The molecule has 0 spiro atoms. The quantitative estimate of drug-likeness (QED) is 0.641. The largest absolute Gasteiger partial charge is 0.360 e. The van der Waals surface area contributed by atoms with Crippen molar-refractivity contribution < 1.29 is 0 Å². The van der Waals surface area contributed by atoms with Gasteiger partial charge in [0.1, 0.15) is 0 Å². The first-order valence-corrected chi connectivity index (χ1v) is 9.22. The summed E-state index contributed by atoms with van der Waals surface area (Å²) in [6.45, 7) is 12.1. The standard InChI is InChI=1S/C17H28BrN3S/c1-5-21(6-2)11-7-8-14(4)19-17(22)20-15-9-10-16(18)13(3)12-15/h9-10,12,14H,5-8,11H2,1-4H3,(H2,19,20,22). The highest BCUT2D eigenvalue weighted by Crippen LogP contribution is 2.19. The van der Waals surface area contributed by atoms with E-state index in [1.54, 1.807) is 0 Å². The van der Waals surface area contributed by atoms with Gasteiger partial charge < -0.3 is 15.5 Å². The van der Waals surface area contributed by atoms with E-state index in [1.807, 2.05) is 12.1 Å². The normalized spacial score (nSPS) is 12.3. The third-order valence-corrected chi connectivity index (χ3v) is 4.91. The fourth-order valence-corrected chi connectivity index (χ4v) is 2.91. The molecule has 1 aromatic carbocycles. The van der Waals surface area contributed by atoms with Gasteiger partial charge in [-0.25, -0.2) is 0 Å². The van der Waals surface area contributed by atoms with E-state index in [-0.39, 0.29) is 0 Å². The minimum absolute atomic E-state index is 0.382. The molecule has 3 nitrogen and oxygen atoms in total. The number of nitrogens with zero attached hydrogens (tertiary/aromatic N) is 1. The van der Waals surface area contributed by atoms with E-state index in [4.69, 9.17) is 12.2 Å². The first-order chi connectivity index (χ1) is 10.5. The zero-order valence-corrected chi connectivity index (χ0v) is 16.5. The summed E-state index contributed by atoms with van der Waals surface area (Å²) in [5.41, 5.74) is 2.22. The van der Waals surface area contributed by atoms with E-state index in [1.165, 1.54) is 12.0 Å². The summed E-state index contributed by atoms with van der Waals surface area (Å²) in [6.07, 6.45) is 2.31. The predicted octanol–water partition coefficient (Wildman–Crippen LogP) is 4.55. The van der Waals surface area contributed by atoms with Gasteiger partial charge in [0, 0.05) is 16.2 Å². The van der Waals surface area contributed by atoms with E-state index in [2.05, 4.69) is 65.2 Å². The average Bonchev–Trinajstić information content (AvgIpc) is 2.47. The molecule has 0 heterocycles. The highest BCUT2D eigenvalue weighted by molar-refractivity contribution is 9.10. The van der Waals surface area contributed by atoms with Crippen LogP contribution in [0.15, 0.2) is 22.7 Å². The molecule has 0 amide bonds. The number of aryl methyl sites for hydroxylation is 1. The topological polar surface area (TPSA) is 27.3 Å². The van der Waals surface area contributed by atoms with Crippen molar-refractivity contribution in [2.45, 2.75) is 46.6 Å². The van der Waals surface area contributed by atoms with Crippen molar-refractivity contribution in [2.24, 2.45) is 0 Å². The summed E-state index contributed by atoms with van der Waals surface area (Å²) < 4.78 is 1.11. The second-order valence-corrected chi connectivity index (χ2v) is 6.90. The van der Waals surface area contributed by atoms with Gasteiger partial charge in [0.15, 0.2) is 5.11 Å². The minimum atomic E-state index is 0.382. The highest BCUT2D eigenvalue weighted by atomic mass is 79.9. The molecule has 1 unspecified atom stereocenters. The summed E-state index contributed by atoms with van der Waals surface area (Å²) in [4.78, 5) is 2.45. The lowest BCUT2D eigenvalue weighted by Crippen LogP contribution is -2.36. The van der Waals surface area contributed by atoms with Crippen LogP contribution in [-0.4, -0.2) is 35.7 Å². The molecule has 0 aliphatic heterocycles. The summed E-state index contributed by atoms with van der Waals surface area (Å²) in [7, 11) is 0. The summed E-state index contributed by atoms with van der Waals surface area (Å²) in [6, 6.07) is 6.53. The van der Waals surface area contributed by atoms with Crippen LogP contribution in [0.5, 0.6) is 0 Å². The van der Waals surface area contributed by atoms with Gasteiger partial charge >= 0.3 is 0 Å². The Kier molecular flexibility index (Phi) is 8.98. The van der Waals surface area contributed by atoms with E-state index >= 15 is 0 Å². The van der Waals surface area contributed by atoms with Crippen LogP contribution in [0, 0.1) is 6.92 Å². The molecule has 0 fully saturated rings. The third-order valence-electron chi connectivity index (χ3n) is 3.80. The van der Waals surface area contributed by atoms with Crippen LogP contribution in [0.1, 0.15) is 39.2 Å². The van der Waals surface area contributed by atoms with Crippen LogP contribution in [0.4, 0.5) is 5.69 Å². The van der Waals surface area contributed by atoms with E-state index in [9.17, 15) is 0 Å². The number of anilines is 1. The minimum Gasteiger partial charge on any atom is -0.360 e. The van der Waals surface area contributed by atoms with Crippen LogP contribution in [0.25, 0.3) is 0 Å². The van der Waals surface area contributed by atoms with Crippen LogP contribution in [-0.2, 0) is 0 Å². The Bertz CT molecular complexity index is 475. The maximum absolute atomic E-state index is 5.39. The molecule has 0 aliphatic carbocycles. The number of rotatable bonds is 8. The molecule has 0 aromatic heterocycles. The van der Waals surface area contributed by atoms with Gasteiger partial charge in [-0.05, 0) is 82.3 Å². The Morgan fingerprint density at radius 2 is 2.00 bits per heavy atom. The number of hydrogen-bond acceptors (Lipinski definition) is 2. The maximum atomic E-state index is 5.39. The van der Waals surface area contributed by atoms with Gasteiger partial charge in [-0.2, -0.15) is 0 Å². The lowest BCUT2D eigenvalue weighted by atomic mass is 10.2. The molecule has 0 saturated heterocycles. The van der Waals surface area contributed by atoms with Crippen LogP contribution < -0.4 is 10.6 Å². The number of hydrogen-bond donors (Lipinski definition) is 2. The molecule has 0 bridgehead atoms. The second-order valence-electron chi connectivity index (χ2n) is 5.63. The lowest BCUT2D eigenvalue weighted by molar-refractivity contribution is 0.293. The fraction of sp³-hybridized carbons (Fsp3) is 0.588. The first kappa shape index (κ1) is 19.4. The first-order valence-electron chi connectivity index (χ1n) is 8.02. The monoisotopic (exact) mass is 385 g/mol. The predicted molar refractivity (Wildman–Crippen MR) is 105 cm³/mol. The van der Waals surface area contributed by atoms with Crippen LogP contribution in [0.2, 0.25) is 0 Å². The number of halogens is 1. The van der Waals surface area contributed by atoms with Crippen molar-refractivity contribution in [3.05, 3.63) is 28.2 Å². The smallest absolute Gasteiger partial charge is 0.170 e. The summed E-state index contributed by atoms with van der Waals surface area (Å²) >= 11 is 8.90. The molecular weight excluding hydrogens is 358 g/mol. The maximum Gasteiger partial charge on any atom is 0.170 e. The van der Waals surface area contributed by atoms with Gasteiger partial charge in [0.2, 0.25) is 0 Å². The average molecular weight is 386 g/mol. The zero-order valence-electron chi connectivity index (χ0n) is 14.1. The van der Waals surface area contributed by atoms with Crippen molar-refractivity contribution in [3.63, 3.8) is 0 Å². The fourth-order valence-electron chi connectivity index (χ4n) is 2.35. The van der Waals surface area contributed by atoms with Gasteiger partial charge in [-0.3, -0.25) is 0 Å². The van der Waals surface area contributed by atoms with E-state index in [0.29, 0.717) is 11.2 Å². The molecule has 22 heavy (non-hydrogen) atoms. The Morgan fingerprint density at radius 3 is 2.59 bits per heavy atom. The Hall–Kier alpha value is -0.650. The molecule has 2 N–H and O–H groups in total. The summed E-state index contributed by atoms with van der Waals surface area (Å²) in [5.74, 6) is 0. The van der Waals surface area contributed by atoms with Crippen molar-refractivity contribution in [1.82, 2.24) is 10.2 Å². The van der Waals surface area contributed by atoms with Crippen LogP contribution >= 0.6 is 28.1 Å². The van der Waals surface area contributed by atoms with Gasteiger partial charge in [-0.1, -0.05) is 29.8 Å². The van der Waals surface area contributed by atoms with Crippen molar-refractivity contribution in [2.75, 3.05) is 25.0 Å². The van der Waals surface area contributed by atoms with E-state index in [0.717, 1.165) is 36.2 Å². The molecule has 1 atom stereocenters. The van der Waals surface area contributed by atoms with Crippen molar-refractivity contribution in [3.8, 4) is 0 Å². The molecule has 0 aliphatic rings. The van der Waals surface area contributed by atoms with Crippen LogP contribution in [0.3, 0.4) is 0 Å². The molecule has 0 radical (unpaired) electrons.